The molecule has 1 saturated carbocycles. The summed E-state index contributed by atoms with van der Waals surface area (Å²) in [4.78, 5) is 28.0. The van der Waals surface area contributed by atoms with Gasteiger partial charge in [-0.1, -0.05) is 18.2 Å². The van der Waals surface area contributed by atoms with Crippen LogP contribution in [0.25, 0.3) is 0 Å². The molecule has 7 heteroatoms. The standard InChI is InChI=1S/C14H14F3NO3/c1-18(21-8-10-6-12(10)14(15,16)17)13(20)11-5-3-2-4-9(11)7-19/h2-5,7,10,12H,6,8H2,1H3. The number of nitrogens with zero attached hydrogens (tertiary/aromatic N) is 1. The number of carbonyl (C=O) groups is 2. The number of carbonyl (C=O) groups excluding carboxylic acids is 2. The molecule has 0 heterocycles. The van der Waals surface area contributed by atoms with Crippen LogP contribution >= 0.6 is 0 Å². The monoisotopic (exact) mass is 301 g/mol. The van der Waals surface area contributed by atoms with Gasteiger partial charge in [-0.3, -0.25) is 14.4 Å². The molecule has 1 aliphatic carbocycles. The van der Waals surface area contributed by atoms with Crippen molar-refractivity contribution in [2.45, 2.75) is 12.6 Å². The Morgan fingerprint density at radius 3 is 2.67 bits per heavy atom. The number of rotatable bonds is 5. The van der Waals surface area contributed by atoms with E-state index in [0.717, 1.165) is 5.06 Å². The first-order chi connectivity index (χ1) is 9.84. The lowest BCUT2D eigenvalue weighted by molar-refractivity contribution is -0.159. The molecule has 0 aromatic heterocycles. The molecule has 0 N–H and O–H groups in total. The van der Waals surface area contributed by atoms with Gasteiger partial charge in [0.25, 0.3) is 5.91 Å². The van der Waals surface area contributed by atoms with Gasteiger partial charge in [-0.25, -0.2) is 5.06 Å². The highest BCUT2D eigenvalue weighted by Crippen LogP contribution is 2.50. The molecule has 1 aromatic carbocycles. The first-order valence-electron chi connectivity index (χ1n) is 6.36. The molecule has 1 fully saturated rings. The number of halogens is 3. The molecule has 0 radical (unpaired) electrons. The lowest BCUT2D eigenvalue weighted by Crippen LogP contribution is -2.29. The van der Waals surface area contributed by atoms with E-state index < -0.39 is 23.9 Å². The zero-order chi connectivity index (χ0) is 15.6. The second kappa shape index (κ2) is 5.85. The molecule has 114 valence electrons. The molecule has 2 atom stereocenters. The maximum atomic E-state index is 12.4. The lowest BCUT2D eigenvalue weighted by Gasteiger charge is -2.17. The van der Waals surface area contributed by atoms with E-state index in [9.17, 15) is 22.8 Å². The summed E-state index contributed by atoms with van der Waals surface area (Å²) in [5.74, 6) is -2.52. The van der Waals surface area contributed by atoms with E-state index in [-0.39, 0.29) is 24.2 Å². The van der Waals surface area contributed by atoms with Gasteiger partial charge in [0.15, 0.2) is 6.29 Å². The van der Waals surface area contributed by atoms with Crippen molar-refractivity contribution < 1.29 is 27.6 Å². The molecule has 4 nitrogen and oxygen atoms in total. The predicted octanol–water partition coefficient (Wildman–Crippen LogP) is 2.70. The van der Waals surface area contributed by atoms with Crippen molar-refractivity contribution in [3.05, 3.63) is 35.4 Å². The highest BCUT2D eigenvalue weighted by atomic mass is 19.4. The van der Waals surface area contributed by atoms with Gasteiger partial charge in [-0.05, 0) is 18.4 Å². The van der Waals surface area contributed by atoms with Gasteiger partial charge < -0.3 is 0 Å². The molecule has 2 rings (SSSR count). The Kier molecular flexibility index (Phi) is 4.32. The Morgan fingerprint density at radius 2 is 2.10 bits per heavy atom. The molecule has 2 unspecified atom stereocenters. The smallest absolute Gasteiger partial charge is 0.298 e. The van der Waals surface area contributed by atoms with Crippen molar-refractivity contribution in [2.24, 2.45) is 11.8 Å². The minimum Gasteiger partial charge on any atom is -0.298 e. The van der Waals surface area contributed by atoms with Crippen molar-refractivity contribution >= 4 is 12.2 Å². The minimum atomic E-state index is -4.21. The van der Waals surface area contributed by atoms with Crippen LogP contribution in [-0.4, -0.2) is 37.1 Å². The maximum absolute atomic E-state index is 12.4. The first kappa shape index (κ1) is 15.5. The summed E-state index contributed by atoms with van der Waals surface area (Å²) < 4.78 is 37.1. The average molecular weight is 301 g/mol. The summed E-state index contributed by atoms with van der Waals surface area (Å²) in [6, 6.07) is 6.14. The van der Waals surface area contributed by atoms with Gasteiger partial charge >= 0.3 is 6.18 Å². The Balaban J connectivity index is 1.91. The average Bonchev–Trinajstić information content (AvgIpc) is 3.23. The molecule has 1 aromatic rings. The maximum Gasteiger partial charge on any atom is 0.392 e. The predicted molar refractivity (Wildman–Crippen MR) is 67.5 cm³/mol. The normalized spacial score (nSPS) is 21.0. The Bertz CT molecular complexity index is 545. The third-order valence-electron chi connectivity index (χ3n) is 3.43. The van der Waals surface area contributed by atoms with Crippen LogP contribution in [0, 0.1) is 11.8 Å². The van der Waals surface area contributed by atoms with Gasteiger partial charge in [-0.15, -0.1) is 0 Å². The molecule has 0 aliphatic heterocycles. The van der Waals surface area contributed by atoms with Gasteiger partial charge in [0.05, 0.1) is 18.1 Å². The summed E-state index contributed by atoms with van der Waals surface area (Å²) in [5.41, 5.74) is 0.357. The largest absolute Gasteiger partial charge is 0.392 e. The van der Waals surface area contributed by atoms with E-state index in [1.165, 1.54) is 19.2 Å². The van der Waals surface area contributed by atoms with Crippen molar-refractivity contribution in [1.82, 2.24) is 5.06 Å². The second-order valence-electron chi connectivity index (χ2n) is 4.95. The van der Waals surface area contributed by atoms with Crippen LogP contribution in [0.5, 0.6) is 0 Å². The number of hydrogen-bond donors (Lipinski definition) is 0. The minimum absolute atomic E-state index is 0.0243. The molecule has 1 amide bonds. The van der Waals surface area contributed by atoms with E-state index >= 15 is 0 Å². The summed E-state index contributed by atoms with van der Waals surface area (Å²) in [5, 5.41) is 0.869. The van der Waals surface area contributed by atoms with Crippen LogP contribution in [0.1, 0.15) is 27.1 Å². The van der Waals surface area contributed by atoms with Gasteiger partial charge in [0.1, 0.15) is 0 Å². The van der Waals surface area contributed by atoms with Crippen LogP contribution < -0.4 is 0 Å². The van der Waals surface area contributed by atoms with Crippen LogP contribution in [0.15, 0.2) is 24.3 Å². The number of hydrogen-bond acceptors (Lipinski definition) is 3. The molecule has 0 saturated heterocycles. The zero-order valence-corrected chi connectivity index (χ0v) is 11.3. The molecular weight excluding hydrogens is 287 g/mol. The second-order valence-corrected chi connectivity index (χ2v) is 4.95. The molecule has 0 bridgehead atoms. The summed E-state index contributed by atoms with van der Waals surface area (Å²) in [6.45, 7) is -0.171. The van der Waals surface area contributed by atoms with Gasteiger partial charge in [0.2, 0.25) is 0 Å². The molecule has 1 aliphatic rings. The zero-order valence-electron chi connectivity index (χ0n) is 11.3. The first-order valence-corrected chi connectivity index (χ1v) is 6.36. The summed E-state index contributed by atoms with van der Waals surface area (Å²) in [6.07, 6.45) is -3.64. The van der Waals surface area contributed by atoms with E-state index in [4.69, 9.17) is 4.84 Å². The fourth-order valence-corrected chi connectivity index (χ4v) is 2.06. The number of hydroxylamine groups is 2. The number of benzene rings is 1. The van der Waals surface area contributed by atoms with E-state index in [1.807, 2.05) is 0 Å². The molecule has 21 heavy (non-hydrogen) atoms. The number of amides is 1. The van der Waals surface area contributed by atoms with Crippen molar-refractivity contribution in [1.29, 1.82) is 0 Å². The summed E-state index contributed by atoms with van der Waals surface area (Å²) >= 11 is 0. The fraction of sp³-hybridized carbons (Fsp3) is 0.429. The van der Waals surface area contributed by atoms with Crippen LogP contribution in [0.2, 0.25) is 0 Å². The van der Waals surface area contributed by atoms with Crippen molar-refractivity contribution in [3.63, 3.8) is 0 Å². The number of alkyl halides is 3. The van der Waals surface area contributed by atoms with Gasteiger partial charge in [0, 0.05) is 12.6 Å². The Hall–Kier alpha value is -1.89. The molecule has 0 spiro atoms. The quantitative estimate of drug-likeness (QED) is 0.620. The Morgan fingerprint density at radius 1 is 1.43 bits per heavy atom. The van der Waals surface area contributed by atoms with Gasteiger partial charge in [-0.2, -0.15) is 13.2 Å². The van der Waals surface area contributed by atoms with Crippen molar-refractivity contribution in [3.8, 4) is 0 Å². The third kappa shape index (κ3) is 3.60. The van der Waals surface area contributed by atoms with E-state index in [1.54, 1.807) is 12.1 Å². The van der Waals surface area contributed by atoms with Crippen LogP contribution in [-0.2, 0) is 4.84 Å². The SMILES string of the molecule is CN(OCC1CC1C(F)(F)F)C(=O)c1ccccc1C=O. The molecular formula is C14H14F3NO3. The summed E-state index contributed by atoms with van der Waals surface area (Å²) in [7, 11) is 1.31. The lowest BCUT2D eigenvalue weighted by atomic mass is 10.1. The highest BCUT2D eigenvalue weighted by molar-refractivity contribution is 6.00. The van der Waals surface area contributed by atoms with Crippen LogP contribution in [0.4, 0.5) is 13.2 Å². The topological polar surface area (TPSA) is 46.6 Å². The van der Waals surface area contributed by atoms with Crippen LogP contribution in [0.3, 0.4) is 0 Å². The third-order valence-corrected chi connectivity index (χ3v) is 3.43. The fourth-order valence-electron chi connectivity index (χ4n) is 2.06. The highest BCUT2D eigenvalue weighted by Gasteiger charge is 2.55. The number of aldehydes is 1. The van der Waals surface area contributed by atoms with Crippen molar-refractivity contribution in [2.75, 3.05) is 13.7 Å². The van der Waals surface area contributed by atoms with E-state index in [0.29, 0.717) is 6.29 Å². The van der Waals surface area contributed by atoms with E-state index in [2.05, 4.69) is 0 Å². The Labute approximate surface area is 119 Å².